The molecule has 1 amide bonds. The van der Waals surface area contributed by atoms with E-state index in [1.165, 1.54) is 6.42 Å². The molecule has 0 radical (unpaired) electrons. The first-order valence-electron chi connectivity index (χ1n) is 9.05. The number of rotatable bonds is 4. The molecule has 0 spiro atoms. The van der Waals surface area contributed by atoms with E-state index in [1.54, 1.807) is 7.11 Å². The molecule has 1 aromatic rings. The molecule has 132 valence electrons. The normalized spacial score (nSPS) is 27.7. The van der Waals surface area contributed by atoms with Gasteiger partial charge in [-0.25, -0.2) is 4.79 Å². The summed E-state index contributed by atoms with van der Waals surface area (Å²) in [5, 5.41) is 3.77. The summed E-state index contributed by atoms with van der Waals surface area (Å²) < 4.78 is 10.9. The van der Waals surface area contributed by atoms with E-state index in [0.717, 1.165) is 45.2 Å². The summed E-state index contributed by atoms with van der Waals surface area (Å²) in [5.74, 6) is 0.609. The fraction of sp³-hybridized carbons (Fsp3) is 0.632. The lowest BCUT2D eigenvalue weighted by Gasteiger charge is -2.22. The largest absolute Gasteiger partial charge is 0.415 e. The van der Waals surface area contributed by atoms with Crippen molar-refractivity contribution >= 4 is 6.09 Å². The van der Waals surface area contributed by atoms with E-state index in [-0.39, 0.29) is 6.09 Å². The third-order valence-corrected chi connectivity index (χ3v) is 5.12. The number of methoxy groups -OCH3 is 1. The standard InChI is InChI=1S/C19H28N2O3/c1-23-18-10-9-16(14-18)20-15-6-5-12-21(13-11-15)19(22)24-17-7-3-2-4-8-17/h2-4,7-8,15-16,18,20H,5-6,9-14H2,1H3/t15-,16-,18-/m1/s1. The van der Waals surface area contributed by atoms with E-state index in [4.69, 9.17) is 9.47 Å². The highest BCUT2D eigenvalue weighted by atomic mass is 16.6. The molecule has 1 aliphatic heterocycles. The van der Waals surface area contributed by atoms with Gasteiger partial charge in [-0.05, 0) is 50.7 Å². The van der Waals surface area contributed by atoms with Crippen molar-refractivity contribution in [1.29, 1.82) is 0 Å². The van der Waals surface area contributed by atoms with Gasteiger partial charge in [0.05, 0.1) is 6.10 Å². The van der Waals surface area contributed by atoms with Crippen LogP contribution in [0.5, 0.6) is 5.75 Å². The minimum absolute atomic E-state index is 0.234. The van der Waals surface area contributed by atoms with Crippen molar-refractivity contribution in [2.45, 2.75) is 56.7 Å². The summed E-state index contributed by atoms with van der Waals surface area (Å²) >= 11 is 0. The molecule has 24 heavy (non-hydrogen) atoms. The summed E-state index contributed by atoms with van der Waals surface area (Å²) in [6, 6.07) is 10.3. The monoisotopic (exact) mass is 332 g/mol. The number of para-hydroxylation sites is 1. The van der Waals surface area contributed by atoms with Crippen LogP contribution in [0.25, 0.3) is 0 Å². The third kappa shape index (κ3) is 4.71. The quantitative estimate of drug-likeness (QED) is 0.920. The van der Waals surface area contributed by atoms with Gasteiger partial charge < -0.3 is 19.7 Å². The maximum Gasteiger partial charge on any atom is 0.415 e. The number of nitrogens with one attached hydrogen (secondary N) is 1. The summed E-state index contributed by atoms with van der Waals surface area (Å²) in [6.45, 7) is 1.53. The highest BCUT2D eigenvalue weighted by Crippen LogP contribution is 2.23. The molecule has 1 aromatic carbocycles. The number of benzene rings is 1. The van der Waals surface area contributed by atoms with Gasteiger partial charge in [-0.3, -0.25) is 0 Å². The molecule has 2 fully saturated rings. The van der Waals surface area contributed by atoms with Crippen LogP contribution in [0.3, 0.4) is 0 Å². The fourth-order valence-corrected chi connectivity index (χ4v) is 3.74. The maximum atomic E-state index is 12.3. The van der Waals surface area contributed by atoms with Crippen LogP contribution in [0.2, 0.25) is 0 Å². The second-order valence-corrected chi connectivity index (χ2v) is 6.83. The van der Waals surface area contributed by atoms with Gasteiger partial charge in [0.1, 0.15) is 5.75 Å². The van der Waals surface area contributed by atoms with Gasteiger partial charge in [0.25, 0.3) is 0 Å². The molecular weight excluding hydrogens is 304 g/mol. The van der Waals surface area contributed by atoms with Gasteiger partial charge in [-0.2, -0.15) is 0 Å². The Morgan fingerprint density at radius 3 is 2.67 bits per heavy atom. The van der Waals surface area contributed by atoms with Gasteiger partial charge in [0.2, 0.25) is 0 Å². The summed E-state index contributed by atoms with van der Waals surface area (Å²) in [4.78, 5) is 14.2. The topological polar surface area (TPSA) is 50.8 Å². The summed E-state index contributed by atoms with van der Waals surface area (Å²) in [5.41, 5.74) is 0. The minimum Gasteiger partial charge on any atom is -0.410 e. The Kier molecular flexibility index (Phi) is 6.10. The average Bonchev–Trinajstić information content (AvgIpc) is 2.92. The number of nitrogens with zero attached hydrogens (tertiary/aromatic N) is 1. The van der Waals surface area contributed by atoms with Crippen LogP contribution in [0.1, 0.15) is 38.5 Å². The second kappa shape index (κ2) is 8.49. The minimum atomic E-state index is -0.234. The van der Waals surface area contributed by atoms with Crippen molar-refractivity contribution in [2.24, 2.45) is 0 Å². The molecule has 0 aromatic heterocycles. The van der Waals surface area contributed by atoms with Crippen molar-refractivity contribution in [3.05, 3.63) is 30.3 Å². The predicted octanol–water partition coefficient (Wildman–Crippen LogP) is 3.20. The van der Waals surface area contributed by atoms with Gasteiger partial charge >= 0.3 is 6.09 Å². The van der Waals surface area contributed by atoms with Crippen molar-refractivity contribution in [3.63, 3.8) is 0 Å². The van der Waals surface area contributed by atoms with Crippen LogP contribution in [0.15, 0.2) is 30.3 Å². The molecule has 0 unspecified atom stereocenters. The number of likely N-dealkylation sites (tertiary alicyclic amines) is 1. The highest BCUT2D eigenvalue weighted by Gasteiger charge is 2.28. The van der Waals surface area contributed by atoms with E-state index in [0.29, 0.717) is 23.9 Å². The number of ether oxygens (including phenoxy) is 2. The Labute approximate surface area is 144 Å². The highest BCUT2D eigenvalue weighted by molar-refractivity contribution is 5.70. The van der Waals surface area contributed by atoms with E-state index in [2.05, 4.69) is 5.32 Å². The SMILES string of the molecule is CO[C@@H]1CC[C@@H](N[C@@H]2CCCN(C(=O)Oc3ccccc3)CC2)C1. The summed E-state index contributed by atoms with van der Waals surface area (Å²) in [6.07, 6.45) is 6.73. The lowest BCUT2D eigenvalue weighted by Crippen LogP contribution is -2.39. The Balaban J connectivity index is 1.45. The van der Waals surface area contributed by atoms with Crippen molar-refractivity contribution in [1.82, 2.24) is 10.2 Å². The molecule has 1 saturated heterocycles. The summed E-state index contributed by atoms with van der Waals surface area (Å²) in [7, 11) is 1.80. The zero-order chi connectivity index (χ0) is 16.8. The maximum absolute atomic E-state index is 12.3. The first-order valence-corrected chi connectivity index (χ1v) is 9.05. The molecule has 5 nitrogen and oxygen atoms in total. The second-order valence-electron chi connectivity index (χ2n) is 6.83. The van der Waals surface area contributed by atoms with Crippen LogP contribution in [0, 0.1) is 0 Å². The molecule has 3 rings (SSSR count). The average molecular weight is 332 g/mol. The molecule has 2 aliphatic rings. The molecule has 1 aliphatic carbocycles. The zero-order valence-electron chi connectivity index (χ0n) is 14.4. The molecule has 3 atom stereocenters. The van der Waals surface area contributed by atoms with Crippen molar-refractivity contribution in [2.75, 3.05) is 20.2 Å². The zero-order valence-corrected chi connectivity index (χ0v) is 14.4. The van der Waals surface area contributed by atoms with Crippen LogP contribution >= 0.6 is 0 Å². The molecule has 5 heteroatoms. The van der Waals surface area contributed by atoms with Crippen LogP contribution in [0.4, 0.5) is 4.79 Å². The van der Waals surface area contributed by atoms with E-state index in [1.807, 2.05) is 35.2 Å². The Bertz CT molecular complexity index is 523. The predicted molar refractivity (Wildman–Crippen MR) is 93.2 cm³/mol. The number of amides is 1. The van der Waals surface area contributed by atoms with Gasteiger partial charge in [0.15, 0.2) is 0 Å². The van der Waals surface area contributed by atoms with Crippen molar-refractivity contribution in [3.8, 4) is 5.75 Å². The number of hydrogen-bond donors (Lipinski definition) is 1. The molecule has 1 saturated carbocycles. The molecule has 1 heterocycles. The number of carbonyl (C=O) groups excluding carboxylic acids is 1. The van der Waals surface area contributed by atoms with Crippen LogP contribution in [-0.2, 0) is 4.74 Å². The molecule has 0 bridgehead atoms. The van der Waals surface area contributed by atoms with E-state index >= 15 is 0 Å². The van der Waals surface area contributed by atoms with Crippen molar-refractivity contribution < 1.29 is 14.3 Å². The van der Waals surface area contributed by atoms with Crippen LogP contribution < -0.4 is 10.1 Å². The Morgan fingerprint density at radius 2 is 1.92 bits per heavy atom. The van der Waals surface area contributed by atoms with Gasteiger partial charge in [-0.15, -0.1) is 0 Å². The number of hydrogen-bond acceptors (Lipinski definition) is 4. The Hall–Kier alpha value is -1.59. The Morgan fingerprint density at radius 1 is 1.08 bits per heavy atom. The lowest BCUT2D eigenvalue weighted by molar-refractivity contribution is 0.106. The third-order valence-electron chi connectivity index (χ3n) is 5.12. The van der Waals surface area contributed by atoms with Crippen LogP contribution in [-0.4, -0.2) is 49.4 Å². The van der Waals surface area contributed by atoms with Gasteiger partial charge in [-0.1, -0.05) is 18.2 Å². The van der Waals surface area contributed by atoms with E-state index < -0.39 is 0 Å². The van der Waals surface area contributed by atoms with E-state index in [9.17, 15) is 4.79 Å². The first-order chi connectivity index (χ1) is 11.7. The molecule has 1 N–H and O–H groups in total. The lowest BCUT2D eigenvalue weighted by atomic mass is 10.1. The fourth-order valence-electron chi connectivity index (χ4n) is 3.74. The first kappa shape index (κ1) is 17.2. The molecular formula is C19H28N2O3. The number of carbonyl (C=O) groups is 1. The smallest absolute Gasteiger partial charge is 0.410 e. The van der Waals surface area contributed by atoms with Gasteiger partial charge in [0, 0.05) is 32.3 Å².